The van der Waals surface area contributed by atoms with Crippen molar-refractivity contribution in [2.45, 2.75) is 32.9 Å². The Balaban J connectivity index is 1.68. The standard InChI is InChI=1S/C23H28N4O/c1-17-8-10-19(11-9-17)12-21(16-28-3)27-23-7-5-4-6-22(23)26-15-20-13-24-18(2)25-14-20/h4-11,13-14,21,26-27H,12,15-16H2,1-3H3/t21-/m0/s1. The zero-order chi connectivity index (χ0) is 19.8. The Morgan fingerprint density at radius 3 is 2.25 bits per heavy atom. The van der Waals surface area contributed by atoms with Crippen LogP contribution >= 0.6 is 0 Å². The number of hydrogen-bond acceptors (Lipinski definition) is 5. The Morgan fingerprint density at radius 1 is 0.893 bits per heavy atom. The van der Waals surface area contributed by atoms with Gasteiger partial charge < -0.3 is 15.4 Å². The van der Waals surface area contributed by atoms with Crippen LogP contribution in [0.5, 0.6) is 0 Å². The molecule has 0 unspecified atom stereocenters. The van der Waals surface area contributed by atoms with Crippen molar-refractivity contribution in [3.8, 4) is 0 Å². The molecule has 28 heavy (non-hydrogen) atoms. The van der Waals surface area contributed by atoms with E-state index in [-0.39, 0.29) is 6.04 Å². The van der Waals surface area contributed by atoms with Crippen molar-refractivity contribution in [1.82, 2.24) is 9.97 Å². The molecule has 3 rings (SSSR count). The molecule has 2 aromatic carbocycles. The fourth-order valence-electron chi connectivity index (χ4n) is 3.05. The van der Waals surface area contributed by atoms with Crippen LogP contribution in [0.2, 0.25) is 0 Å². The summed E-state index contributed by atoms with van der Waals surface area (Å²) in [6, 6.07) is 17.1. The number of hydrogen-bond donors (Lipinski definition) is 2. The van der Waals surface area contributed by atoms with Gasteiger partial charge in [-0.15, -0.1) is 0 Å². The summed E-state index contributed by atoms with van der Waals surface area (Å²) >= 11 is 0. The van der Waals surface area contributed by atoms with Gasteiger partial charge in [0.05, 0.1) is 24.0 Å². The van der Waals surface area contributed by atoms with Gasteiger partial charge >= 0.3 is 0 Å². The lowest BCUT2D eigenvalue weighted by Gasteiger charge is -2.22. The molecule has 0 bridgehead atoms. The minimum absolute atomic E-state index is 0.179. The maximum Gasteiger partial charge on any atom is 0.125 e. The van der Waals surface area contributed by atoms with Crippen LogP contribution in [0.25, 0.3) is 0 Å². The quantitative estimate of drug-likeness (QED) is 0.580. The van der Waals surface area contributed by atoms with Crippen molar-refractivity contribution in [2.75, 3.05) is 24.4 Å². The predicted octanol–water partition coefficient (Wildman–Crippen LogP) is 4.38. The molecule has 146 valence electrons. The van der Waals surface area contributed by atoms with Crippen LogP contribution in [-0.2, 0) is 17.7 Å². The summed E-state index contributed by atoms with van der Waals surface area (Å²) in [5.41, 5.74) is 5.73. The number of nitrogens with one attached hydrogen (secondary N) is 2. The van der Waals surface area contributed by atoms with Crippen LogP contribution < -0.4 is 10.6 Å². The summed E-state index contributed by atoms with van der Waals surface area (Å²) in [5, 5.41) is 7.12. The largest absolute Gasteiger partial charge is 0.383 e. The molecule has 0 spiro atoms. The normalized spacial score (nSPS) is 11.8. The van der Waals surface area contributed by atoms with Gasteiger partial charge in [-0.05, 0) is 38.0 Å². The van der Waals surface area contributed by atoms with E-state index in [1.54, 1.807) is 7.11 Å². The Kier molecular flexibility index (Phi) is 6.98. The second-order valence-electron chi connectivity index (χ2n) is 7.02. The Bertz CT molecular complexity index is 863. The van der Waals surface area contributed by atoms with E-state index in [0.29, 0.717) is 13.2 Å². The van der Waals surface area contributed by atoms with Crippen molar-refractivity contribution < 1.29 is 4.74 Å². The average molecular weight is 377 g/mol. The van der Waals surface area contributed by atoms with Crippen LogP contribution in [0.15, 0.2) is 60.9 Å². The second kappa shape index (κ2) is 9.85. The van der Waals surface area contributed by atoms with Gasteiger partial charge in [-0.1, -0.05) is 42.0 Å². The zero-order valence-corrected chi connectivity index (χ0v) is 16.8. The molecule has 1 aromatic heterocycles. The summed E-state index contributed by atoms with van der Waals surface area (Å²) in [5.74, 6) is 0.782. The zero-order valence-electron chi connectivity index (χ0n) is 16.8. The minimum Gasteiger partial charge on any atom is -0.383 e. The molecule has 1 atom stereocenters. The van der Waals surface area contributed by atoms with E-state index in [0.717, 1.165) is 29.2 Å². The summed E-state index contributed by atoms with van der Waals surface area (Å²) in [7, 11) is 1.74. The van der Waals surface area contributed by atoms with Crippen LogP contribution in [-0.4, -0.2) is 29.7 Å². The molecular weight excluding hydrogens is 348 g/mol. The molecule has 0 fully saturated rings. The number of ether oxygens (including phenoxy) is 1. The Hall–Kier alpha value is -2.92. The lowest BCUT2D eigenvalue weighted by molar-refractivity contribution is 0.185. The van der Waals surface area contributed by atoms with Crippen LogP contribution in [0.1, 0.15) is 22.5 Å². The number of rotatable bonds is 9. The van der Waals surface area contributed by atoms with Gasteiger partial charge in [-0.3, -0.25) is 0 Å². The van der Waals surface area contributed by atoms with Gasteiger partial charge in [-0.2, -0.15) is 0 Å². The first-order chi connectivity index (χ1) is 13.6. The number of methoxy groups -OCH3 is 1. The highest BCUT2D eigenvalue weighted by Crippen LogP contribution is 2.23. The molecule has 0 aliphatic heterocycles. The van der Waals surface area contributed by atoms with E-state index < -0.39 is 0 Å². The van der Waals surface area contributed by atoms with Gasteiger partial charge in [0.2, 0.25) is 0 Å². The van der Waals surface area contributed by atoms with Crippen LogP contribution in [0.4, 0.5) is 11.4 Å². The Labute approximate surface area is 167 Å². The van der Waals surface area contributed by atoms with Crippen molar-refractivity contribution in [3.63, 3.8) is 0 Å². The molecule has 3 aromatic rings. The van der Waals surface area contributed by atoms with E-state index >= 15 is 0 Å². The molecule has 0 aliphatic carbocycles. The van der Waals surface area contributed by atoms with Gasteiger partial charge in [0.15, 0.2) is 0 Å². The molecule has 0 radical (unpaired) electrons. The van der Waals surface area contributed by atoms with Gasteiger partial charge in [0.1, 0.15) is 5.82 Å². The molecule has 0 saturated heterocycles. The third-order valence-electron chi connectivity index (χ3n) is 4.57. The number of para-hydroxylation sites is 2. The number of anilines is 2. The maximum absolute atomic E-state index is 5.45. The van der Waals surface area contributed by atoms with E-state index in [9.17, 15) is 0 Å². The number of nitrogens with zero attached hydrogens (tertiary/aromatic N) is 2. The molecule has 5 nitrogen and oxygen atoms in total. The first kappa shape index (κ1) is 19.8. The fourth-order valence-corrected chi connectivity index (χ4v) is 3.05. The summed E-state index contributed by atoms with van der Waals surface area (Å²) in [6.45, 7) is 5.30. The number of aryl methyl sites for hydroxylation is 2. The van der Waals surface area contributed by atoms with Gasteiger partial charge in [0, 0.05) is 31.6 Å². The monoisotopic (exact) mass is 376 g/mol. The third-order valence-corrected chi connectivity index (χ3v) is 4.57. The van der Waals surface area contributed by atoms with Gasteiger partial charge in [0.25, 0.3) is 0 Å². The topological polar surface area (TPSA) is 59.1 Å². The second-order valence-corrected chi connectivity index (χ2v) is 7.02. The van der Waals surface area contributed by atoms with Gasteiger partial charge in [-0.25, -0.2) is 9.97 Å². The van der Waals surface area contributed by atoms with E-state index in [4.69, 9.17) is 4.74 Å². The summed E-state index contributed by atoms with van der Waals surface area (Å²) in [4.78, 5) is 8.51. The molecule has 2 N–H and O–H groups in total. The number of aromatic nitrogens is 2. The molecule has 0 aliphatic rings. The highest BCUT2D eigenvalue weighted by Gasteiger charge is 2.12. The smallest absolute Gasteiger partial charge is 0.125 e. The van der Waals surface area contributed by atoms with Crippen molar-refractivity contribution in [2.24, 2.45) is 0 Å². The molecule has 1 heterocycles. The third kappa shape index (κ3) is 5.79. The van der Waals surface area contributed by atoms with E-state index in [1.165, 1.54) is 11.1 Å². The first-order valence-electron chi connectivity index (χ1n) is 9.55. The fraction of sp³-hybridized carbons (Fsp3) is 0.304. The average Bonchev–Trinajstić information content (AvgIpc) is 2.70. The molecular formula is C23H28N4O. The van der Waals surface area contributed by atoms with E-state index in [2.05, 4.69) is 63.9 Å². The van der Waals surface area contributed by atoms with Crippen LogP contribution in [0.3, 0.4) is 0 Å². The molecule has 0 amide bonds. The summed E-state index contributed by atoms with van der Waals surface area (Å²) in [6.07, 6.45) is 4.61. The molecule has 0 saturated carbocycles. The lowest BCUT2D eigenvalue weighted by Crippen LogP contribution is -2.28. The first-order valence-corrected chi connectivity index (χ1v) is 9.55. The highest BCUT2D eigenvalue weighted by atomic mass is 16.5. The molecule has 5 heteroatoms. The van der Waals surface area contributed by atoms with Crippen molar-refractivity contribution >= 4 is 11.4 Å². The summed E-state index contributed by atoms with van der Waals surface area (Å²) < 4.78 is 5.45. The highest BCUT2D eigenvalue weighted by molar-refractivity contribution is 5.69. The number of benzene rings is 2. The SMILES string of the molecule is COC[C@H](Cc1ccc(C)cc1)Nc1ccccc1NCc1cnc(C)nc1. The van der Waals surface area contributed by atoms with Crippen molar-refractivity contribution in [3.05, 3.63) is 83.4 Å². The Morgan fingerprint density at radius 2 is 1.57 bits per heavy atom. The van der Waals surface area contributed by atoms with Crippen molar-refractivity contribution in [1.29, 1.82) is 0 Å². The minimum atomic E-state index is 0.179. The lowest BCUT2D eigenvalue weighted by atomic mass is 10.0. The maximum atomic E-state index is 5.45. The van der Waals surface area contributed by atoms with E-state index in [1.807, 2.05) is 31.5 Å². The van der Waals surface area contributed by atoms with Crippen LogP contribution in [0, 0.1) is 13.8 Å². The predicted molar refractivity (Wildman–Crippen MR) is 115 cm³/mol.